The van der Waals surface area contributed by atoms with Crippen LogP contribution in [0.5, 0.6) is 5.75 Å². The van der Waals surface area contributed by atoms with Gasteiger partial charge < -0.3 is 14.2 Å². The van der Waals surface area contributed by atoms with Crippen LogP contribution in [0.3, 0.4) is 0 Å². The molecule has 0 amide bonds. The summed E-state index contributed by atoms with van der Waals surface area (Å²) in [5, 5.41) is 4.14. The van der Waals surface area contributed by atoms with Crippen LogP contribution < -0.4 is 9.64 Å². The molecule has 164 valence electrons. The van der Waals surface area contributed by atoms with Gasteiger partial charge in [-0.2, -0.15) is 4.98 Å². The third-order valence-electron chi connectivity index (χ3n) is 6.19. The zero-order valence-electron chi connectivity index (χ0n) is 17.8. The normalized spacial score (nSPS) is 22.5. The fourth-order valence-electron chi connectivity index (χ4n) is 4.29. The quantitative estimate of drug-likeness (QED) is 0.624. The van der Waals surface area contributed by atoms with Gasteiger partial charge in [-0.25, -0.2) is 13.4 Å². The van der Waals surface area contributed by atoms with Gasteiger partial charge in [-0.1, -0.05) is 19.0 Å². The Balaban J connectivity index is 1.18. The highest BCUT2D eigenvalue weighted by Gasteiger charge is 2.43. The molecule has 2 aromatic rings. The van der Waals surface area contributed by atoms with Crippen LogP contribution in [0.1, 0.15) is 51.3 Å². The number of piperidine rings is 1. The molecule has 0 N–H and O–H groups in total. The van der Waals surface area contributed by atoms with Crippen LogP contribution in [0.2, 0.25) is 0 Å². The highest BCUT2D eigenvalue weighted by Crippen LogP contribution is 2.49. The predicted octanol–water partition coefficient (Wildman–Crippen LogP) is 3.31. The molecule has 0 radical (unpaired) electrons. The summed E-state index contributed by atoms with van der Waals surface area (Å²) in [6.07, 6.45) is 7.27. The first-order valence-corrected chi connectivity index (χ1v) is 12.6. The highest BCUT2D eigenvalue weighted by molar-refractivity contribution is 7.90. The van der Waals surface area contributed by atoms with Gasteiger partial charge in [-0.05, 0) is 55.6 Å². The number of pyridine rings is 1. The molecule has 2 aromatic heterocycles. The molecule has 0 aromatic carbocycles. The summed E-state index contributed by atoms with van der Waals surface area (Å²) in [4.78, 5) is 10.7. The van der Waals surface area contributed by atoms with Gasteiger partial charge in [-0.15, -0.1) is 0 Å². The highest BCUT2D eigenvalue weighted by atomic mass is 32.2. The zero-order chi connectivity index (χ0) is 21.3. The summed E-state index contributed by atoms with van der Waals surface area (Å²) in [7, 11) is -3.27. The van der Waals surface area contributed by atoms with Crippen molar-refractivity contribution in [1.82, 2.24) is 15.1 Å². The van der Waals surface area contributed by atoms with E-state index >= 15 is 0 Å². The molecule has 2 atom stereocenters. The second-order valence-electron chi connectivity index (χ2n) is 8.82. The maximum Gasteiger partial charge on any atom is 0.324 e. The van der Waals surface area contributed by atoms with Crippen molar-refractivity contribution in [3.05, 3.63) is 24.2 Å². The molecule has 2 fully saturated rings. The average molecular weight is 435 g/mol. The van der Waals surface area contributed by atoms with E-state index in [1.165, 1.54) is 18.7 Å². The van der Waals surface area contributed by atoms with E-state index in [1.807, 2.05) is 0 Å². The molecule has 1 aliphatic heterocycles. The lowest BCUT2D eigenvalue weighted by Gasteiger charge is -2.30. The number of sulfone groups is 1. The van der Waals surface area contributed by atoms with Gasteiger partial charge >= 0.3 is 6.01 Å². The van der Waals surface area contributed by atoms with Gasteiger partial charge in [0.2, 0.25) is 0 Å². The van der Waals surface area contributed by atoms with E-state index in [-0.39, 0.29) is 10.9 Å². The van der Waals surface area contributed by atoms with Crippen molar-refractivity contribution < 1.29 is 17.7 Å². The number of hydrogen-bond donors (Lipinski definition) is 0. The van der Waals surface area contributed by atoms with Crippen LogP contribution in [-0.4, -0.2) is 49.5 Å². The van der Waals surface area contributed by atoms with E-state index in [0.717, 1.165) is 62.2 Å². The van der Waals surface area contributed by atoms with Gasteiger partial charge in [0.1, 0.15) is 5.75 Å². The summed E-state index contributed by atoms with van der Waals surface area (Å²) in [5.74, 6) is 3.94. The molecule has 3 heterocycles. The first-order chi connectivity index (χ1) is 14.3. The Morgan fingerprint density at radius 3 is 2.63 bits per heavy atom. The molecule has 0 unspecified atom stereocenters. The molecular formula is C21H30N4O4S. The largest absolute Gasteiger partial charge is 0.492 e. The van der Waals surface area contributed by atoms with Crippen LogP contribution >= 0.6 is 0 Å². The van der Waals surface area contributed by atoms with Gasteiger partial charge in [-0.3, -0.25) is 0 Å². The SMILES string of the molecule is CC(C)c1noc(N2CCC([C@H]3C[C@H]3CCOc3ccc(S(C)(=O)=O)nc3)CC2)n1. The summed E-state index contributed by atoms with van der Waals surface area (Å²) in [5.41, 5.74) is 0. The summed E-state index contributed by atoms with van der Waals surface area (Å²) in [6.45, 7) is 6.72. The first-order valence-electron chi connectivity index (χ1n) is 10.7. The number of aromatic nitrogens is 3. The minimum Gasteiger partial charge on any atom is -0.492 e. The Hall–Kier alpha value is -2.16. The van der Waals surface area contributed by atoms with Gasteiger partial charge in [0.05, 0.1) is 12.8 Å². The number of rotatable bonds is 8. The average Bonchev–Trinajstić information content (AvgIpc) is 3.30. The van der Waals surface area contributed by atoms with Crippen LogP contribution in [-0.2, 0) is 9.84 Å². The van der Waals surface area contributed by atoms with E-state index in [9.17, 15) is 8.42 Å². The van der Waals surface area contributed by atoms with Crippen LogP contribution in [0.15, 0.2) is 27.9 Å². The molecule has 30 heavy (non-hydrogen) atoms. The van der Waals surface area contributed by atoms with Crippen molar-refractivity contribution in [3.8, 4) is 5.75 Å². The molecular weight excluding hydrogens is 404 g/mol. The van der Waals surface area contributed by atoms with E-state index in [1.54, 1.807) is 6.07 Å². The predicted molar refractivity (Wildman–Crippen MR) is 112 cm³/mol. The van der Waals surface area contributed by atoms with E-state index < -0.39 is 9.84 Å². The Labute approximate surface area is 177 Å². The Morgan fingerprint density at radius 2 is 2.03 bits per heavy atom. The summed E-state index contributed by atoms with van der Waals surface area (Å²) < 4.78 is 34.1. The number of ether oxygens (including phenoxy) is 1. The first kappa shape index (κ1) is 21.1. The minimum atomic E-state index is -3.27. The van der Waals surface area contributed by atoms with Gasteiger partial charge in [0.25, 0.3) is 0 Å². The molecule has 1 saturated heterocycles. The smallest absolute Gasteiger partial charge is 0.324 e. The van der Waals surface area contributed by atoms with Crippen molar-refractivity contribution in [2.24, 2.45) is 17.8 Å². The monoisotopic (exact) mass is 434 g/mol. The fourth-order valence-corrected chi connectivity index (χ4v) is 4.85. The van der Waals surface area contributed by atoms with Gasteiger partial charge in [0.15, 0.2) is 20.7 Å². The minimum absolute atomic E-state index is 0.0735. The lowest BCUT2D eigenvalue weighted by atomic mass is 9.90. The lowest BCUT2D eigenvalue weighted by Crippen LogP contribution is -2.34. The molecule has 2 aliphatic rings. The Morgan fingerprint density at radius 1 is 1.27 bits per heavy atom. The van der Waals surface area contributed by atoms with Crippen LogP contribution in [0, 0.1) is 17.8 Å². The Bertz CT molecular complexity index is 950. The second-order valence-corrected chi connectivity index (χ2v) is 10.8. The standard InChI is InChI=1S/C21H30N4O4S/c1-14(2)20-23-21(29-24-20)25-9-6-15(7-10-25)18-12-16(18)8-11-28-17-4-5-19(22-13-17)30(3,26)27/h4-5,13-16,18H,6-12H2,1-3H3/t16-,18-/m1/s1. The molecule has 9 heteroatoms. The van der Waals surface area contributed by atoms with Crippen molar-refractivity contribution in [2.45, 2.75) is 50.5 Å². The molecule has 8 nitrogen and oxygen atoms in total. The van der Waals surface area contributed by atoms with Crippen molar-refractivity contribution in [1.29, 1.82) is 0 Å². The third kappa shape index (κ3) is 4.94. The summed E-state index contributed by atoms with van der Waals surface area (Å²) >= 11 is 0. The molecule has 0 spiro atoms. The van der Waals surface area contributed by atoms with Crippen molar-refractivity contribution >= 4 is 15.9 Å². The second kappa shape index (κ2) is 8.53. The van der Waals surface area contributed by atoms with Gasteiger partial charge in [0, 0.05) is 25.3 Å². The third-order valence-corrected chi connectivity index (χ3v) is 7.19. The molecule has 1 aliphatic carbocycles. The Kier molecular flexibility index (Phi) is 5.99. The van der Waals surface area contributed by atoms with Crippen LogP contribution in [0.25, 0.3) is 0 Å². The number of nitrogens with zero attached hydrogens (tertiary/aromatic N) is 4. The molecule has 1 saturated carbocycles. The number of hydrogen-bond acceptors (Lipinski definition) is 8. The fraction of sp³-hybridized carbons (Fsp3) is 0.667. The van der Waals surface area contributed by atoms with E-state index in [4.69, 9.17) is 9.26 Å². The molecule has 4 rings (SSSR count). The number of anilines is 1. The van der Waals surface area contributed by atoms with E-state index in [2.05, 4.69) is 33.9 Å². The molecule has 0 bridgehead atoms. The van der Waals surface area contributed by atoms with Crippen molar-refractivity contribution in [2.75, 3.05) is 30.9 Å². The maximum atomic E-state index is 11.5. The summed E-state index contributed by atoms with van der Waals surface area (Å²) in [6, 6.07) is 3.82. The topological polar surface area (TPSA) is 98.4 Å². The lowest BCUT2D eigenvalue weighted by molar-refractivity contribution is 0.281. The van der Waals surface area contributed by atoms with E-state index in [0.29, 0.717) is 18.4 Å². The zero-order valence-corrected chi connectivity index (χ0v) is 18.6. The van der Waals surface area contributed by atoms with Crippen molar-refractivity contribution in [3.63, 3.8) is 0 Å². The van der Waals surface area contributed by atoms with Crippen LogP contribution in [0.4, 0.5) is 6.01 Å². The maximum absolute atomic E-state index is 11.5.